The fraction of sp³-hybridized carbons (Fsp3) is 0.278. The molecule has 2 rings (SSSR count). The van der Waals surface area contributed by atoms with Crippen molar-refractivity contribution in [3.05, 3.63) is 58.1 Å². The minimum Gasteiger partial charge on any atom is -0.493 e. The van der Waals surface area contributed by atoms with E-state index >= 15 is 0 Å². The van der Waals surface area contributed by atoms with Crippen LogP contribution in [0.2, 0.25) is 0 Å². The van der Waals surface area contributed by atoms with Gasteiger partial charge in [0, 0.05) is 16.6 Å². The van der Waals surface area contributed by atoms with Crippen LogP contribution < -0.4 is 20.5 Å². The lowest BCUT2D eigenvalue weighted by molar-refractivity contribution is -0.126. The molecule has 128 valence electrons. The summed E-state index contributed by atoms with van der Waals surface area (Å²) in [5.41, 5.74) is 6.66. The second-order valence-electron chi connectivity index (χ2n) is 5.54. The lowest BCUT2D eigenvalue weighted by Crippen LogP contribution is -2.48. The van der Waals surface area contributed by atoms with Gasteiger partial charge in [0.25, 0.3) is 0 Å². The average Bonchev–Trinajstić information content (AvgIpc) is 2.59. The Morgan fingerprint density at radius 2 is 1.83 bits per heavy atom. The predicted molar refractivity (Wildman–Crippen MR) is 97.1 cm³/mol. The van der Waals surface area contributed by atoms with Crippen molar-refractivity contribution in [3.8, 4) is 11.5 Å². The SMILES string of the molecule is COc1cccc(CNC(=O)C(C)(N)c2ccc(Br)cc2)c1OC. The van der Waals surface area contributed by atoms with Gasteiger partial charge in [0.1, 0.15) is 5.54 Å². The van der Waals surface area contributed by atoms with E-state index in [1.165, 1.54) is 0 Å². The first-order valence-corrected chi connectivity index (χ1v) is 8.22. The van der Waals surface area contributed by atoms with Gasteiger partial charge in [-0.1, -0.05) is 40.2 Å². The van der Waals surface area contributed by atoms with E-state index < -0.39 is 5.54 Å². The standard InChI is InChI=1S/C18H21BrN2O3/c1-18(20,13-7-9-14(19)10-8-13)17(22)21-11-12-5-4-6-15(23-2)16(12)24-3/h4-10H,11,20H2,1-3H3,(H,21,22). The third kappa shape index (κ3) is 3.88. The van der Waals surface area contributed by atoms with Crippen molar-refractivity contribution in [3.63, 3.8) is 0 Å². The monoisotopic (exact) mass is 392 g/mol. The molecule has 24 heavy (non-hydrogen) atoms. The molecule has 6 heteroatoms. The topological polar surface area (TPSA) is 73.6 Å². The third-order valence-electron chi connectivity index (χ3n) is 3.84. The molecule has 0 aliphatic rings. The maximum atomic E-state index is 12.6. The second kappa shape index (κ2) is 7.68. The summed E-state index contributed by atoms with van der Waals surface area (Å²) in [6.45, 7) is 1.98. The number of methoxy groups -OCH3 is 2. The lowest BCUT2D eigenvalue weighted by atomic mass is 9.92. The molecule has 0 bridgehead atoms. The number of rotatable bonds is 6. The van der Waals surface area contributed by atoms with Crippen LogP contribution in [0.5, 0.6) is 11.5 Å². The Bertz CT molecular complexity index is 715. The van der Waals surface area contributed by atoms with Gasteiger partial charge in [-0.05, 0) is 30.7 Å². The first-order chi connectivity index (χ1) is 11.4. The predicted octanol–water partition coefficient (Wildman–Crippen LogP) is 2.96. The zero-order valence-corrected chi connectivity index (χ0v) is 15.5. The molecule has 0 spiro atoms. The van der Waals surface area contributed by atoms with E-state index in [2.05, 4.69) is 21.2 Å². The highest BCUT2D eigenvalue weighted by molar-refractivity contribution is 9.10. The molecule has 0 heterocycles. The maximum absolute atomic E-state index is 12.6. The maximum Gasteiger partial charge on any atom is 0.244 e. The molecule has 0 aliphatic carbocycles. The molecule has 2 aromatic carbocycles. The number of halogens is 1. The number of amides is 1. The molecule has 0 fully saturated rings. The Kier molecular flexibility index (Phi) is 5.85. The van der Waals surface area contributed by atoms with Crippen LogP contribution in [0.15, 0.2) is 46.9 Å². The Morgan fingerprint density at radius 1 is 1.17 bits per heavy atom. The van der Waals surface area contributed by atoms with Gasteiger partial charge >= 0.3 is 0 Å². The van der Waals surface area contributed by atoms with Crippen LogP contribution in [-0.2, 0) is 16.9 Å². The summed E-state index contributed by atoms with van der Waals surface area (Å²) in [6, 6.07) is 12.9. The highest BCUT2D eigenvalue weighted by Gasteiger charge is 2.30. The van der Waals surface area contributed by atoms with E-state index in [0.29, 0.717) is 18.0 Å². The minimum atomic E-state index is -1.13. The Hall–Kier alpha value is -2.05. The molecule has 5 nitrogen and oxygen atoms in total. The summed E-state index contributed by atoms with van der Waals surface area (Å²) >= 11 is 3.37. The fourth-order valence-electron chi connectivity index (χ4n) is 2.38. The summed E-state index contributed by atoms with van der Waals surface area (Å²) < 4.78 is 11.6. The summed E-state index contributed by atoms with van der Waals surface area (Å²) in [4.78, 5) is 12.6. The van der Waals surface area contributed by atoms with Crippen LogP contribution in [0, 0.1) is 0 Å². The minimum absolute atomic E-state index is 0.269. The molecule has 2 aromatic rings. The first kappa shape index (κ1) is 18.3. The van der Waals surface area contributed by atoms with E-state index in [0.717, 1.165) is 15.6 Å². The molecule has 1 unspecified atom stereocenters. The van der Waals surface area contributed by atoms with Crippen molar-refractivity contribution < 1.29 is 14.3 Å². The van der Waals surface area contributed by atoms with Crippen LogP contribution in [0.25, 0.3) is 0 Å². The van der Waals surface area contributed by atoms with E-state index in [-0.39, 0.29) is 5.91 Å². The number of carbonyl (C=O) groups is 1. The van der Waals surface area contributed by atoms with E-state index in [1.807, 2.05) is 36.4 Å². The number of para-hydroxylation sites is 1. The molecule has 1 atom stereocenters. The molecule has 0 aliphatic heterocycles. The largest absolute Gasteiger partial charge is 0.493 e. The number of nitrogens with one attached hydrogen (secondary N) is 1. The van der Waals surface area contributed by atoms with Crippen LogP contribution in [0.1, 0.15) is 18.1 Å². The number of hydrogen-bond donors (Lipinski definition) is 2. The van der Waals surface area contributed by atoms with Gasteiger partial charge in [-0.15, -0.1) is 0 Å². The van der Waals surface area contributed by atoms with Crippen molar-refractivity contribution in [2.24, 2.45) is 5.73 Å². The van der Waals surface area contributed by atoms with Gasteiger partial charge in [-0.3, -0.25) is 4.79 Å². The number of hydrogen-bond acceptors (Lipinski definition) is 4. The summed E-state index contributed by atoms with van der Waals surface area (Å²) in [5, 5.41) is 2.87. The average molecular weight is 393 g/mol. The zero-order valence-electron chi connectivity index (χ0n) is 13.9. The fourth-order valence-corrected chi connectivity index (χ4v) is 2.64. The second-order valence-corrected chi connectivity index (χ2v) is 6.46. The molecule has 3 N–H and O–H groups in total. The quantitative estimate of drug-likeness (QED) is 0.792. The molecular weight excluding hydrogens is 372 g/mol. The Balaban J connectivity index is 2.14. The van der Waals surface area contributed by atoms with Crippen molar-refractivity contribution in [2.75, 3.05) is 14.2 Å². The van der Waals surface area contributed by atoms with Gasteiger partial charge in [0.15, 0.2) is 11.5 Å². The number of carbonyl (C=O) groups excluding carboxylic acids is 1. The van der Waals surface area contributed by atoms with Crippen molar-refractivity contribution >= 4 is 21.8 Å². The highest BCUT2D eigenvalue weighted by atomic mass is 79.9. The smallest absolute Gasteiger partial charge is 0.244 e. The Morgan fingerprint density at radius 3 is 2.42 bits per heavy atom. The van der Waals surface area contributed by atoms with Crippen molar-refractivity contribution in [1.29, 1.82) is 0 Å². The molecular formula is C18H21BrN2O3. The molecule has 0 saturated heterocycles. The van der Waals surface area contributed by atoms with Crippen LogP contribution in [-0.4, -0.2) is 20.1 Å². The van der Waals surface area contributed by atoms with Gasteiger partial charge in [0.05, 0.1) is 14.2 Å². The number of benzene rings is 2. The van der Waals surface area contributed by atoms with Gasteiger partial charge in [-0.2, -0.15) is 0 Å². The molecule has 0 saturated carbocycles. The molecule has 1 amide bonds. The highest BCUT2D eigenvalue weighted by Crippen LogP contribution is 2.30. The molecule has 0 radical (unpaired) electrons. The zero-order chi connectivity index (χ0) is 17.7. The number of ether oxygens (including phenoxy) is 2. The molecule has 0 aromatic heterocycles. The van der Waals surface area contributed by atoms with Gasteiger partial charge < -0.3 is 20.5 Å². The van der Waals surface area contributed by atoms with Gasteiger partial charge in [-0.25, -0.2) is 0 Å². The van der Waals surface area contributed by atoms with Crippen molar-refractivity contribution in [2.45, 2.75) is 19.0 Å². The first-order valence-electron chi connectivity index (χ1n) is 7.43. The van der Waals surface area contributed by atoms with Crippen LogP contribution >= 0.6 is 15.9 Å². The van der Waals surface area contributed by atoms with Crippen LogP contribution in [0.4, 0.5) is 0 Å². The third-order valence-corrected chi connectivity index (χ3v) is 4.37. The number of nitrogens with two attached hydrogens (primary N) is 1. The lowest BCUT2D eigenvalue weighted by Gasteiger charge is -2.24. The Labute approximate surface area is 150 Å². The van der Waals surface area contributed by atoms with E-state index in [1.54, 1.807) is 27.2 Å². The van der Waals surface area contributed by atoms with Crippen molar-refractivity contribution in [1.82, 2.24) is 5.32 Å². The summed E-state index contributed by atoms with van der Waals surface area (Å²) in [5.74, 6) is 0.949. The van der Waals surface area contributed by atoms with E-state index in [9.17, 15) is 4.79 Å². The van der Waals surface area contributed by atoms with E-state index in [4.69, 9.17) is 15.2 Å². The van der Waals surface area contributed by atoms with Crippen LogP contribution in [0.3, 0.4) is 0 Å². The van der Waals surface area contributed by atoms with Gasteiger partial charge in [0.2, 0.25) is 5.91 Å². The normalized spacial score (nSPS) is 13.0. The summed E-state index contributed by atoms with van der Waals surface area (Å²) in [6.07, 6.45) is 0. The summed E-state index contributed by atoms with van der Waals surface area (Å²) in [7, 11) is 3.14.